The van der Waals surface area contributed by atoms with Gasteiger partial charge in [0.15, 0.2) is 6.10 Å². The minimum absolute atomic E-state index is 0.154. The summed E-state index contributed by atoms with van der Waals surface area (Å²) in [7, 11) is 0. The molecule has 2 N–H and O–H groups in total. The molecule has 2 atom stereocenters. The number of nitrogens with one attached hydrogen (secondary N) is 1. The quantitative estimate of drug-likeness (QED) is 0.888. The summed E-state index contributed by atoms with van der Waals surface area (Å²) < 4.78 is 0. The minimum Gasteiger partial charge on any atom is -0.378 e. The molecule has 0 aliphatic carbocycles. The zero-order valence-electron chi connectivity index (χ0n) is 14.0. The van der Waals surface area contributed by atoms with Crippen LogP contribution in [0.25, 0.3) is 0 Å². The van der Waals surface area contributed by atoms with Crippen molar-refractivity contribution in [3.63, 3.8) is 0 Å². The zero-order valence-corrected chi connectivity index (χ0v) is 14.0. The molecule has 4 heteroatoms. The van der Waals surface area contributed by atoms with Crippen molar-refractivity contribution in [3.8, 4) is 0 Å². The fourth-order valence-electron chi connectivity index (χ4n) is 3.13. The number of hydrogen-bond donors (Lipinski definition) is 2. The highest BCUT2D eigenvalue weighted by atomic mass is 16.3. The van der Waals surface area contributed by atoms with Crippen molar-refractivity contribution in [1.82, 2.24) is 5.32 Å². The summed E-state index contributed by atoms with van der Waals surface area (Å²) in [6, 6.07) is 17.1. The highest BCUT2D eigenvalue weighted by Gasteiger charge is 2.20. The van der Waals surface area contributed by atoms with E-state index in [1.54, 1.807) is 12.1 Å². The molecule has 126 valence electrons. The molecule has 1 aliphatic rings. The molecule has 1 aliphatic heterocycles. The number of nitrogens with zero attached hydrogens (tertiary/aromatic N) is 1. The van der Waals surface area contributed by atoms with Crippen molar-refractivity contribution < 1.29 is 9.90 Å². The Morgan fingerprint density at radius 3 is 2.42 bits per heavy atom. The number of anilines is 1. The van der Waals surface area contributed by atoms with Crippen LogP contribution in [0, 0.1) is 0 Å². The van der Waals surface area contributed by atoms with E-state index in [9.17, 15) is 9.90 Å². The first-order valence-electron chi connectivity index (χ1n) is 8.53. The second-order valence-corrected chi connectivity index (χ2v) is 6.33. The molecule has 1 fully saturated rings. The third-order valence-electron chi connectivity index (χ3n) is 4.56. The molecule has 0 spiro atoms. The summed E-state index contributed by atoms with van der Waals surface area (Å²) in [4.78, 5) is 14.7. The summed E-state index contributed by atoms with van der Waals surface area (Å²) >= 11 is 0. The van der Waals surface area contributed by atoms with Gasteiger partial charge in [-0.2, -0.15) is 0 Å². The van der Waals surface area contributed by atoms with Gasteiger partial charge in [0.05, 0.1) is 6.04 Å². The average Bonchev–Trinajstić information content (AvgIpc) is 3.16. The molecular formula is C20H24N2O2. The Balaban J connectivity index is 1.67. The van der Waals surface area contributed by atoms with Crippen LogP contribution in [0.15, 0.2) is 54.6 Å². The van der Waals surface area contributed by atoms with E-state index in [0.717, 1.165) is 18.7 Å². The molecular weight excluding hydrogens is 300 g/mol. The van der Waals surface area contributed by atoms with Gasteiger partial charge in [-0.15, -0.1) is 0 Å². The Morgan fingerprint density at radius 2 is 1.71 bits per heavy atom. The molecule has 0 bridgehead atoms. The predicted octanol–water partition coefficient (Wildman–Crippen LogP) is 3.20. The van der Waals surface area contributed by atoms with Gasteiger partial charge in [-0.25, -0.2) is 0 Å². The maximum Gasteiger partial charge on any atom is 0.253 e. The lowest BCUT2D eigenvalue weighted by Crippen LogP contribution is -2.31. The molecule has 1 amide bonds. The molecule has 1 heterocycles. The van der Waals surface area contributed by atoms with E-state index in [2.05, 4.69) is 22.3 Å². The fourth-order valence-corrected chi connectivity index (χ4v) is 3.13. The normalized spacial score (nSPS) is 16.7. The molecule has 0 saturated carbocycles. The zero-order chi connectivity index (χ0) is 16.9. The lowest BCUT2D eigenvalue weighted by Gasteiger charge is -2.21. The second kappa shape index (κ2) is 7.49. The Bertz CT molecular complexity index is 681. The van der Waals surface area contributed by atoms with Gasteiger partial charge in [0.25, 0.3) is 5.91 Å². The van der Waals surface area contributed by atoms with Crippen LogP contribution in [-0.2, 0) is 4.79 Å². The van der Waals surface area contributed by atoms with E-state index >= 15 is 0 Å². The van der Waals surface area contributed by atoms with Crippen molar-refractivity contribution >= 4 is 11.6 Å². The highest BCUT2D eigenvalue weighted by molar-refractivity contribution is 5.82. The van der Waals surface area contributed by atoms with Gasteiger partial charge in [-0.05, 0) is 43.0 Å². The van der Waals surface area contributed by atoms with Crippen LogP contribution in [0.5, 0.6) is 0 Å². The minimum atomic E-state index is -1.14. The van der Waals surface area contributed by atoms with Gasteiger partial charge in [0, 0.05) is 18.8 Å². The molecule has 2 unspecified atom stereocenters. The van der Waals surface area contributed by atoms with Crippen molar-refractivity contribution in [1.29, 1.82) is 0 Å². The van der Waals surface area contributed by atoms with E-state index in [4.69, 9.17) is 0 Å². The molecule has 0 aromatic heterocycles. The number of amides is 1. The van der Waals surface area contributed by atoms with Crippen LogP contribution in [0.1, 0.15) is 43.0 Å². The van der Waals surface area contributed by atoms with Gasteiger partial charge < -0.3 is 15.3 Å². The summed E-state index contributed by atoms with van der Waals surface area (Å²) in [5, 5.41) is 13.1. The number of carbonyl (C=O) groups excluding carboxylic acids is 1. The molecule has 24 heavy (non-hydrogen) atoms. The van der Waals surface area contributed by atoms with Crippen molar-refractivity contribution in [3.05, 3.63) is 65.7 Å². The fraction of sp³-hybridized carbons (Fsp3) is 0.350. The molecule has 2 aromatic rings. The number of benzene rings is 2. The number of rotatable bonds is 5. The maximum absolute atomic E-state index is 12.3. The third kappa shape index (κ3) is 3.77. The average molecular weight is 324 g/mol. The number of aliphatic hydroxyl groups excluding tert-OH is 1. The van der Waals surface area contributed by atoms with Crippen molar-refractivity contribution in [2.75, 3.05) is 18.0 Å². The highest BCUT2D eigenvalue weighted by Crippen LogP contribution is 2.24. The smallest absolute Gasteiger partial charge is 0.253 e. The first kappa shape index (κ1) is 16.5. The monoisotopic (exact) mass is 324 g/mol. The predicted molar refractivity (Wildman–Crippen MR) is 95.8 cm³/mol. The summed E-state index contributed by atoms with van der Waals surface area (Å²) in [6.07, 6.45) is 1.33. The van der Waals surface area contributed by atoms with Crippen molar-refractivity contribution in [2.45, 2.75) is 31.9 Å². The first-order chi connectivity index (χ1) is 11.6. The second-order valence-electron chi connectivity index (χ2n) is 6.33. The number of carbonyl (C=O) groups is 1. The van der Waals surface area contributed by atoms with Gasteiger partial charge in [0.1, 0.15) is 0 Å². The maximum atomic E-state index is 12.3. The van der Waals surface area contributed by atoms with Crippen LogP contribution in [-0.4, -0.2) is 24.1 Å². The van der Waals surface area contributed by atoms with Crippen LogP contribution in [0.4, 0.5) is 5.69 Å². The standard InChI is InChI=1S/C20H24N2O2/c1-15(21-20(24)19(23)16-8-3-2-4-9-16)17-10-7-11-18(14-17)22-12-5-6-13-22/h2-4,7-11,14-15,19,23H,5-6,12-13H2,1H3,(H,21,24). The topological polar surface area (TPSA) is 52.6 Å². The number of hydrogen-bond acceptors (Lipinski definition) is 3. The summed E-state index contributed by atoms with van der Waals surface area (Å²) in [5.41, 5.74) is 2.86. The summed E-state index contributed by atoms with van der Waals surface area (Å²) in [5.74, 6) is -0.375. The van der Waals surface area contributed by atoms with Crippen molar-refractivity contribution in [2.24, 2.45) is 0 Å². The van der Waals surface area contributed by atoms with E-state index in [1.165, 1.54) is 18.5 Å². The van der Waals surface area contributed by atoms with Gasteiger partial charge in [-0.1, -0.05) is 42.5 Å². The van der Waals surface area contributed by atoms with Crippen LogP contribution < -0.4 is 10.2 Å². The van der Waals surface area contributed by atoms with Crippen LogP contribution in [0.2, 0.25) is 0 Å². The Labute approximate surface area is 143 Å². The van der Waals surface area contributed by atoms with E-state index in [-0.39, 0.29) is 11.9 Å². The molecule has 1 saturated heterocycles. The van der Waals surface area contributed by atoms with Crippen LogP contribution in [0.3, 0.4) is 0 Å². The summed E-state index contributed by atoms with van der Waals surface area (Å²) in [6.45, 7) is 4.13. The Kier molecular flexibility index (Phi) is 5.16. The molecule has 0 radical (unpaired) electrons. The SMILES string of the molecule is CC(NC(=O)C(O)c1ccccc1)c1cccc(N2CCCC2)c1. The van der Waals surface area contributed by atoms with E-state index in [1.807, 2.05) is 37.3 Å². The van der Waals surface area contributed by atoms with Crippen LogP contribution >= 0.6 is 0 Å². The lowest BCUT2D eigenvalue weighted by molar-refractivity contribution is -0.130. The Hall–Kier alpha value is -2.33. The van der Waals surface area contributed by atoms with Gasteiger partial charge in [0.2, 0.25) is 0 Å². The van der Waals surface area contributed by atoms with E-state index < -0.39 is 6.10 Å². The lowest BCUT2D eigenvalue weighted by atomic mass is 10.1. The molecule has 3 rings (SSSR count). The van der Waals surface area contributed by atoms with Gasteiger partial charge >= 0.3 is 0 Å². The molecule has 4 nitrogen and oxygen atoms in total. The number of aliphatic hydroxyl groups is 1. The first-order valence-corrected chi connectivity index (χ1v) is 8.53. The van der Waals surface area contributed by atoms with E-state index in [0.29, 0.717) is 5.56 Å². The van der Waals surface area contributed by atoms with Gasteiger partial charge in [-0.3, -0.25) is 4.79 Å². The largest absolute Gasteiger partial charge is 0.378 e. The Morgan fingerprint density at radius 1 is 1.04 bits per heavy atom. The molecule has 2 aromatic carbocycles. The third-order valence-corrected chi connectivity index (χ3v) is 4.56.